The van der Waals surface area contributed by atoms with Crippen molar-refractivity contribution in [1.82, 2.24) is 4.72 Å². The third-order valence-corrected chi connectivity index (χ3v) is 7.95. The minimum absolute atomic E-state index is 0.0598. The number of sulfone groups is 1. The van der Waals surface area contributed by atoms with Gasteiger partial charge in [0.05, 0.1) is 25.4 Å². The Morgan fingerprint density at radius 3 is 2.27 bits per heavy atom. The molecule has 0 saturated heterocycles. The normalized spacial score (nSPS) is 13.0. The summed E-state index contributed by atoms with van der Waals surface area (Å²) in [5.41, 5.74) is 0. The summed E-state index contributed by atoms with van der Waals surface area (Å²) in [7, 11) is -5.31. The maximum absolute atomic E-state index is 13.2. The van der Waals surface area contributed by atoms with Crippen molar-refractivity contribution in [2.75, 3.05) is 20.8 Å². The number of ether oxygens (including phenoxy) is 2. The van der Waals surface area contributed by atoms with E-state index >= 15 is 0 Å². The van der Waals surface area contributed by atoms with Crippen LogP contribution in [-0.2, 0) is 19.9 Å². The molecule has 2 aromatic carbocycles. The molecule has 0 spiro atoms. The average molecular weight is 452 g/mol. The van der Waals surface area contributed by atoms with Gasteiger partial charge < -0.3 is 13.9 Å². The molecule has 0 aliphatic heterocycles. The summed E-state index contributed by atoms with van der Waals surface area (Å²) in [6, 6.07) is 15.1. The maximum atomic E-state index is 13.2. The van der Waals surface area contributed by atoms with Crippen molar-refractivity contribution in [3.05, 3.63) is 72.7 Å². The van der Waals surface area contributed by atoms with Crippen molar-refractivity contribution in [1.29, 1.82) is 0 Å². The summed E-state index contributed by atoms with van der Waals surface area (Å²) in [5.74, 6) is 0.540. The van der Waals surface area contributed by atoms with Crippen molar-refractivity contribution < 1.29 is 30.7 Å². The van der Waals surface area contributed by atoms with Crippen molar-refractivity contribution >= 4 is 19.9 Å². The molecule has 3 rings (SSSR count). The highest BCUT2D eigenvalue weighted by atomic mass is 32.2. The summed E-state index contributed by atoms with van der Waals surface area (Å²) >= 11 is 0. The predicted octanol–water partition coefficient (Wildman–Crippen LogP) is 2.79. The van der Waals surface area contributed by atoms with Crippen LogP contribution in [0.3, 0.4) is 0 Å². The van der Waals surface area contributed by atoms with Crippen LogP contribution in [0.4, 0.5) is 0 Å². The Labute approximate surface area is 175 Å². The van der Waals surface area contributed by atoms with E-state index in [4.69, 9.17) is 13.9 Å². The molecule has 8 nitrogen and oxygen atoms in total. The van der Waals surface area contributed by atoms with E-state index in [1.807, 2.05) is 0 Å². The molecular formula is C20H21NO7S2. The van der Waals surface area contributed by atoms with E-state index in [0.29, 0.717) is 5.75 Å². The second-order valence-corrected chi connectivity index (χ2v) is 10.1. The number of benzene rings is 2. The highest BCUT2D eigenvalue weighted by Crippen LogP contribution is 2.31. The molecule has 3 aromatic rings. The fourth-order valence-electron chi connectivity index (χ4n) is 2.87. The molecule has 1 N–H and O–H groups in total. The van der Waals surface area contributed by atoms with E-state index in [2.05, 4.69) is 4.72 Å². The van der Waals surface area contributed by atoms with Gasteiger partial charge in [0, 0.05) is 12.6 Å². The summed E-state index contributed by atoms with van der Waals surface area (Å²) in [5, 5.41) is -1.26. The summed E-state index contributed by atoms with van der Waals surface area (Å²) in [6.07, 6.45) is 1.34. The Hall–Kier alpha value is -2.82. The first-order chi connectivity index (χ1) is 14.3. The Bertz CT molecular complexity index is 1190. The van der Waals surface area contributed by atoms with Gasteiger partial charge in [0.15, 0.2) is 9.84 Å². The van der Waals surface area contributed by atoms with Gasteiger partial charge in [-0.1, -0.05) is 18.2 Å². The molecular weight excluding hydrogens is 430 g/mol. The van der Waals surface area contributed by atoms with Crippen LogP contribution in [0.25, 0.3) is 0 Å². The van der Waals surface area contributed by atoms with Gasteiger partial charge in [-0.2, -0.15) is 0 Å². The Morgan fingerprint density at radius 2 is 1.67 bits per heavy atom. The number of rotatable bonds is 9. The minimum Gasteiger partial charge on any atom is -0.497 e. The number of methoxy groups -OCH3 is 2. The second kappa shape index (κ2) is 8.90. The number of hydrogen-bond donors (Lipinski definition) is 1. The van der Waals surface area contributed by atoms with Gasteiger partial charge in [-0.15, -0.1) is 0 Å². The molecule has 1 aromatic heterocycles. The molecule has 10 heteroatoms. The zero-order valence-corrected chi connectivity index (χ0v) is 17.9. The first-order valence-electron chi connectivity index (χ1n) is 8.83. The second-order valence-electron chi connectivity index (χ2n) is 6.23. The molecule has 0 aliphatic rings. The number of nitrogens with one attached hydrogen (secondary N) is 1. The van der Waals surface area contributed by atoms with E-state index < -0.39 is 31.7 Å². The lowest BCUT2D eigenvalue weighted by Gasteiger charge is -2.18. The van der Waals surface area contributed by atoms with E-state index in [-0.39, 0.29) is 21.3 Å². The van der Waals surface area contributed by atoms with Gasteiger partial charge in [-0.25, -0.2) is 21.6 Å². The van der Waals surface area contributed by atoms with Crippen LogP contribution in [0, 0.1) is 0 Å². The zero-order chi connectivity index (χ0) is 21.8. The van der Waals surface area contributed by atoms with Crippen LogP contribution in [0.5, 0.6) is 11.5 Å². The molecule has 0 saturated carbocycles. The molecule has 0 bridgehead atoms. The third-order valence-electron chi connectivity index (χ3n) is 4.43. The number of hydrogen-bond acceptors (Lipinski definition) is 7. The molecule has 0 fully saturated rings. The highest BCUT2D eigenvalue weighted by Gasteiger charge is 2.33. The maximum Gasteiger partial charge on any atom is 0.244 e. The first kappa shape index (κ1) is 21.9. The van der Waals surface area contributed by atoms with Crippen LogP contribution in [0.2, 0.25) is 0 Å². The quantitative estimate of drug-likeness (QED) is 0.532. The standard InChI is InChI=1S/C20H21NO7S2/c1-26-15-10-11-17(27-2)19(13-15)30(24,25)21-14-20(18-9-6-12-28-18)29(22,23)16-7-4-3-5-8-16/h3-13,20-21H,14H2,1-2H3/t20-/m0/s1. The first-order valence-corrected chi connectivity index (χ1v) is 11.9. The van der Waals surface area contributed by atoms with E-state index in [0.717, 1.165) is 0 Å². The van der Waals surface area contributed by atoms with Gasteiger partial charge in [-0.05, 0) is 36.4 Å². The Balaban J connectivity index is 1.96. The van der Waals surface area contributed by atoms with E-state index in [1.165, 1.54) is 50.8 Å². The Morgan fingerprint density at radius 1 is 0.933 bits per heavy atom. The Kier molecular flexibility index (Phi) is 6.49. The number of furan rings is 1. The van der Waals surface area contributed by atoms with Crippen LogP contribution >= 0.6 is 0 Å². The van der Waals surface area contributed by atoms with Gasteiger partial charge >= 0.3 is 0 Å². The smallest absolute Gasteiger partial charge is 0.244 e. The third kappa shape index (κ3) is 4.50. The van der Waals surface area contributed by atoms with Crippen LogP contribution in [0.1, 0.15) is 11.0 Å². The molecule has 0 unspecified atom stereocenters. The molecule has 1 atom stereocenters. The summed E-state index contributed by atoms with van der Waals surface area (Å²) < 4.78 is 70.1. The van der Waals surface area contributed by atoms with E-state index in [1.54, 1.807) is 30.3 Å². The van der Waals surface area contributed by atoms with Crippen molar-refractivity contribution in [2.45, 2.75) is 15.0 Å². The molecule has 30 heavy (non-hydrogen) atoms. The molecule has 160 valence electrons. The van der Waals surface area contributed by atoms with Crippen molar-refractivity contribution in [3.63, 3.8) is 0 Å². The van der Waals surface area contributed by atoms with Crippen molar-refractivity contribution in [2.24, 2.45) is 0 Å². The van der Waals surface area contributed by atoms with Crippen LogP contribution in [-0.4, -0.2) is 37.6 Å². The summed E-state index contributed by atoms with van der Waals surface area (Å²) in [4.78, 5) is -0.107. The van der Waals surface area contributed by atoms with Gasteiger partial charge in [0.1, 0.15) is 27.4 Å². The molecule has 0 amide bonds. The van der Waals surface area contributed by atoms with Gasteiger partial charge in [0.25, 0.3) is 0 Å². The summed E-state index contributed by atoms with van der Waals surface area (Å²) in [6.45, 7) is -0.437. The minimum atomic E-state index is -4.13. The van der Waals surface area contributed by atoms with Crippen LogP contribution < -0.4 is 14.2 Å². The lowest BCUT2D eigenvalue weighted by atomic mass is 10.3. The average Bonchev–Trinajstić information content (AvgIpc) is 3.28. The lowest BCUT2D eigenvalue weighted by molar-refractivity contribution is 0.392. The fourth-order valence-corrected chi connectivity index (χ4v) is 5.81. The monoisotopic (exact) mass is 451 g/mol. The highest BCUT2D eigenvalue weighted by molar-refractivity contribution is 7.92. The fraction of sp³-hybridized carbons (Fsp3) is 0.200. The predicted molar refractivity (Wildman–Crippen MR) is 110 cm³/mol. The number of sulfonamides is 1. The topological polar surface area (TPSA) is 112 Å². The van der Waals surface area contributed by atoms with Crippen LogP contribution in [0.15, 0.2) is 81.1 Å². The molecule has 0 aliphatic carbocycles. The molecule has 0 radical (unpaired) electrons. The van der Waals surface area contributed by atoms with Crippen molar-refractivity contribution in [3.8, 4) is 11.5 Å². The SMILES string of the molecule is COc1ccc(OC)c(S(=O)(=O)NC[C@@H](c2ccco2)S(=O)(=O)c2ccccc2)c1. The van der Waals surface area contributed by atoms with Gasteiger partial charge in [0.2, 0.25) is 10.0 Å². The van der Waals surface area contributed by atoms with Gasteiger partial charge in [-0.3, -0.25) is 0 Å². The van der Waals surface area contributed by atoms with E-state index in [9.17, 15) is 16.8 Å². The largest absolute Gasteiger partial charge is 0.497 e. The zero-order valence-electron chi connectivity index (χ0n) is 16.3. The lowest BCUT2D eigenvalue weighted by Crippen LogP contribution is -2.32. The molecule has 1 heterocycles.